The number of carbonyl (C=O) groups excluding carboxylic acids is 1. The lowest BCUT2D eigenvalue weighted by atomic mass is 10.1. The normalized spacial score (nSPS) is 8.56. The van der Waals surface area contributed by atoms with Gasteiger partial charge in [0, 0.05) is 6.42 Å². The molecule has 0 atom stereocenters. The van der Waals surface area contributed by atoms with E-state index in [0.29, 0.717) is 5.57 Å². The number of rotatable bonds is 3. The molecule has 0 spiro atoms. The SMILES string of the molecule is C=C(CC(=N)N)C(C)=O. The molecule has 0 aliphatic rings. The Morgan fingerprint density at radius 2 is 2.22 bits per heavy atom. The predicted molar refractivity (Wildman–Crippen MR) is 36.4 cm³/mol. The second-order valence-electron chi connectivity index (χ2n) is 1.86. The lowest BCUT2D eigenvalue weighted by molar-refractivity contribution is -0.113. The van der Waals surface area contributed by atoms with Gasteiger partial charge in [0.15, 0.2) is 5.78 Å². The summed E-state index contributed by atoms with van der Waals surface area (Å²) in [7, 11) is 0. The Balaban J connectivity index is 3.79. The molecule has 0 saturated carbocycles. The third-order valence-corrected chi connectivity index (χ3v) is 0.902. The Hall–Kier alpha value is -1.12. The van der Waals surface area contributed by atoms with Crippen molar-refractivity contribution in [3.63, 3.8) is 0 Å². The van der Waals surface area contributed by atoms with Crippen LogP contribution in [0.15, 0.2) is 12.2 Å². The second kappa shape index (κ2) is 3.02. The smallest absolute Gasteiger partial charge is 0.155 e. The van der Waals surface area contributed by atoms with Crippen LogP contribution in [0.1, 0.15) is 13.3 Å². The van der Waals surface area contributed by atoms with Gasteiger partial charge in [0.05, 0.1) is 5.84 Å². The Labute approximate surface area is 54.1 Å². The molecule has 0 aromatic rings. The zero-order chi connectivity index (χ0) is 7.44. The van der Waals surface area contributed by atoms with E-state index in [1.165, 1.54) is 6.92 Å². The first-order chi connectivity index (χ1) is 4.04. The minimum absolute atomic E-state index is 0.0183. The molecular formula is C6H10N2O. The van der Waals surface area contributed by atoms with Crippen molar-refractivity contribution < 1.29 is 4.79 Å². The number of ketones is 1. The Bertz CT molecular complexity index is 160. The van der Waals surface area contributed by atoms with Gasteiger partial charge in [-0.25, -0.2) is 0 Å². The van der Waals surface area contributed by atoms with E-state index >= 15 is 0 Å². The minimum atomic E-state index is -0.106. The van der Waals surface area contributed by atoms with E-state index in [1.54, 1.807) is 0 Å². The van der Waals surface area contributed by atoms with Gasteiger partial charge in [0.25, 0.3) is 0 Å². The van der Waals surface area contributed by atoms with E-state index in [-0.39, 0.29) is 18.0 Å². The van der Waals surface area contributed by atoms with Gasteiger partial charge < -0.3 is 5.73 Å². The second-order valence-corrected chi connectivity index (χ2v) is 1.86. The summed E-state index contributed by atoms with van der Waals surface area (Å²) in [4.78, 5) is 10.4. The number of carbonyl (C=O) groups is 1. The average molecular weight is 126 g/mol. The first kappa shape index (κ1) is 7.88. The van der Waals surface area contributed by atoms with Gasteiger partial charge in [-0.3, -0.25) is 10.2 Å². The van der Waals surface area contributed by atoms with Crippen LogP contribution in [0.5, 0.6) is 0 Å². The number of nitrogens with one attached hydrogen (secondary N) is 1. The highest BCUT2D eigenvalue weighted by atomic mass is 16.1. The maximum atomic E-state index is 10.4. The summed E-state index contributed by atoms with van der Waals surface area (Å²) >= 11 is 0. The van der Waals surface area contributed by atoms with Crippen LogP contribution in [0.3, 0.4) is 0 Å². The van der Waals surface area contributed by atoms with Crippen molar-refractivity contribution in [2.75, 3.05) is 0 Å². The minimum Gasteiger partial charge on any atom is -0.387 e. The Morgan fingerprint density at radius 3 is 2.33 bits per heavy atom. The maximum Gasteiger partial charge on any atom is 0.155 e. The number of amidine groups is 1. The van der Waals surface area contributed by atoms with Crippen molar-refractivity contribution in [3.05, 3.63) is 12.2 Å². The molecule has 3 nitrogen and oxygen atoms in total. The Kier molecular flexibility index (Phi) is 2.64. The van der Waals surface area contributed by atoms with E-state index in [4.69, 9.17) is 11.1 Å². The van der Waals surface area contributed by atoms with Gasteiger partial charge in [-0.05, 0) is 12.5 Å². The van der Waals surface area contributed by atoms with E-state index in [9.17, 15) is 4.79 Å². The van der Waals surface area contributed by atoms with Crippen LogP contribution in [-0.2, 0) is 4.79 Å². The highest BCUT2D eigenvalue weighted by Gasteiger charge is 2.00. The monoisotopic (exact) mass is 126 g/mol. The molecule has 0 bridgehead atoms. The molecular weight excluding hydrogens is 116 g/mol. The fourth-order valence-corrected chi connectivity index (χ4v) is 0.354. The largest absolute Gasteiger partial charge is 0.387 e. The van der Waals surface area contributed by atoms with Crippen molar-refractivity contribution >= 4 is 11.6 Å². The van der Waals surface area contributed by atoms with Crippen LogP contribution in [0.25, 0.3) is 0 Å². The van der Waals surface area contributed by atoms with E-state index in [2.05, 4.69) is 6.58 Å². The van der Waals surface area contributed by atoms with Crippen LogP contribution in [0.4, 0.5) is 0 Å². The molecule has 0 heterocycles. The van der Waals surface area contributed by atoms with Gasteiger partial charge >= 0.3 is 0 Å². The molecule has 0 aromatic carbocycles. The van der Waals surface area contributed by atoms with E-state index in [1.807, 2.05) is 0 Å². The predicted octanol–water partition coefficient (Wildman–Crippen LogP) is 0.458. The van der Waals surface area contributed by atoms with E-state index in [0.717, 1.165) is 0 Å². The van der Waals surface area contributed by atoms with Crippen LogP contribution in [0, 0.1) is 5.41 Å². The Morgan fingerprint density at radius 1 is 1.78 bits per heavy atom. The topological polar surface area (TPSA) is 66.9 Å². The highest BCUT2D eigenvalue weighted by Crippen LogP contribution is 1.96. The molecule has 0 aliphatic heterocycles. The molecule has 0 aliphatic carbocycles. The molecule has 0 amide bonds. The number of nitrogens with two attached hydrogens (primary N) is 1. The number of hydrogen-bond donors (Lipinski definition) is 2. The van der Waals surface area contributed by atoms with Crippen LogP contribution in [-0.4, -0.2) is 11.6 Å². The summed E-state index contributed by atoms with van der Waals surface area (Å²) in [5, 5.41) is 6.78. The van der Waals surface area contributed by atoms with Gasteiger partial charge in [-0.2, -0.15) is 0 Å². The number of Topliss-reactive ketones (excluding diaryl/α,β-unsaturated/α-hetero) is 1. The summed E-state index contributed by atoms with van der Waals surface area (Å²) in [6.07, 6.45) is 0.190. The zero-order valence-electron chi connectivity index (χ0n) is 5.40. The first-order valence-corrected chi connectivity index (χ1v) is 2.55. The molecule has 0 saturated heterocycles. The molecule has 9 heavy (non-hydrogen) atoms. The quantitative estimate of drug-likeness (QED) is 0.327. The molecule has 0 radical (unpaired) electrons. The fraction of sp³-hybridized carbons (Fsp3) is 0.333. The summed E-state index contributed by atoms with van der Waals surface area (Å²) in [5.41, 5.74) is 5.39. The van der Waals surface area contributed by atoms with E-state index < -0.39 is 0 Å². The molecule has 0 fully saturated rings. The van der Waals surface area contributed by atoms with Crippen molar-refractivity contribution in [2.24, 2.45) is 5.73 Å². The summed E-state index contributed by atoms with van der Waals surface area (Å²) in [6.45, 7) is 4.83. The third-order valence-electron chi connectivity index (χ3n) is 0.902. The zero-order valence-corrected chi connectivity index (χ0v) is 5.40. The van der Waals surface area contributed by atoms with Gasteiger partial charge in [0.2, 0.25) is 0 Å². The lowest BCUT2D eigenvalue weighted by Crippen LogP contribution is -2.12. The molecule has 0 rings (SSSR count). The fourth-order valence-electron chi connectivity index (χ4n) is 0.354. The van der Waals surface area contributed by atoms with Crippen molar-refractivity contribution in [1.82, 2.24) is 0 Å². The molecule has 3 heteroatoms. The number of hydrogen-bond acceptors (Lipinski definition) is 2. The van der Waals surface area contributed by atoms with Gasteiger partial charge in [0.1, 0.15) is 0 Å². The average Bonchev–Trinajstić information content (AvgIpc) is 1.63. The highest BCUT2D eigenvalue weighted by molar-refractivity contribution is 5.98. The van der Waals surface area contributed by atoms with Crippen LogP contribution < -0.4 is 5.73 Å². The van der Waals surface area contributed by atoms with Crippen molar-refractivity contribution in [1.29, 1.82) is 5.41 Å². The molecule has 50 valence electrons. The van der Waals surface area contributed by atoms with Gasteiger partial charge in [-0.15, -0.1) is 0 Å². The molecule has 3 N–H and O–H groups in total. The van der Waals surface area contributed by atoms with Crippen LogP contribution >= 0.6 is 0 Å². The summed E-state index contributed by atoms with van der Waals surface area (Å²) < 4.78 is 0. The lowest BCUT2D eigenvalue weighted by Gasteiger charge is -1.96. The maximum absolute atomic E-state index is 10.4. The summed E-state index contributed by atoms with van der Waals surface area (Å²) in [5.74, 6) is -0.125. The van der Waals surface area contributed by atoms with Crippen molar-refractivity contribution in [3.8, 4) is 0 Å². The van der Waals surface area contributed by atoms with Gasteiger partial charge in [-0.1, -0.05) is 6.58 Å². The first-order valence-electron chi connectivity index (χ1n) is 2.55. The third kappa shape index (κ3) is 3.46. The molecule has 0 aromatic heterocycles. The van der Waals surface area contributed by atoms with Crippen LogP contribution in [0.2, 0.25) is 0 Å². The standard InChI is InChI=1S/C6H10N2O/c1-4(5(2)9)3-6(7)8/h1,3H2,2H3,(H3,7,8). The van der Waals surface area contributed by atoms with Crippen molar-refractivity contribution in [2.45, 2.75) is 13.3 Å². The molecule has 0 unspecified atom stereocenters. The summed E-state index contributed by atoms with van der Waals surface area (Å²) in [6, 6.07) is 0.